The van der Waals surface area contributed by atoms with Crippen LogP contribution in [0.25, 0.3) is 0 Å². The van der Waals surface area contributed by atoms with Crippen LogP contribution in [0.4, 0.5) is 0 Å². The summed E-state index contributed by atoms with van der Waals surface area (Å²) in [5.41, 5.74) is 7.41. The van der Waals surface area contributed by atoms with E-state index in [-0.39, 0.29) is 5.88 Å². The Morgan fingerprint density at radius 1 is 1.16 bits per heavy atom. The van der Waals surface area contributed by atoms with Gasteiger partial charge in [0.05, 0.1) is 17.6 Å². The number of nitriles is 2. The highest BCUT2D eigenvalue weighted by molar-refractivity contribution is 5.53. The Morgan fingerprint density at radius 3 is 2.32 bits per heavy atom. The van der Waals surface area contributed by atoms with E-state index >= 15 is 0 Å². The zero-order valence-corrected chi connectivity index (χ0v) is 10.6. The van der Waals surface area contributed by atoms with Crippen molar-refractivity contribution in [2.45, 2.75) is 19.3 Å². The molecule has 2 N–H and O–H groups in total. The molecule has 4 nitrogen and oxygen atoms in total. The predicted molar refractivity (Wildman–Crippen MR) is 70.0 cm³/mol. The number of allylic oxidation sites excluding steroid dienone is 3. The van der Waals surface area contributed by atoms with E-state index < -0.39 is 5.92 Å². The third-order valence-corrected chi connectivity index (χ3v) is 3.07. The van der Waals surface area contributed by atoms with E-state index in [1.165, 1.54) is 0 Å². The van der Waals surface area contributed by atoms with Crippen molar-refractivity contribution in [2.75, 3.05) is 0 Å². The fraction of sp³-hybridized carbons (Fsp3) is 0.200. The van der Waals surface area contributed by atoms with Gasteiger partial charge in [-0.15, -0.1) is 0 Å². The first-order valence-corrected chi connectivity index (χ1v) is 5.98. The van der Waals surface area contributed by atoms with Crippen molar-refractivity contribution in [1.82, 2.24) is 0 Å². The van der Waals surface area contributed by atoms with Crippen LogP contribution in [0.5, 0.6) is 0 Å². The topological polar surface area (TPSA) is 82.8 Å². The molecule has 0 saturated heterocycles. The second kappa shape index (κ2) is 5.29. The molecular weight excluding hydrogens is 238 g/mol. The summed E-state index contributed by atoms with van der Waals surface area (Å²) < 4.78 is 5.39. The van der Waals surface area contributed by atoms with E-state index in [0.717, 1.165) is 5.56 Å². The molecule has 1 aliphatic rings. The van der Waals surface area contributed by atoms with Crippen LogP contribution in [0.15, 0.2) is 53.1 Å². The Labute approximate surface area is 112 Å². The molecule has 1 aromatic rings. The van der Waals surface area contributed by atoms with E-state index in [1.807, 2.05) is 37.3 Å². The molecule has 0 aliphatic carbocycles. The molecule has 94 valence electrons. The number of benzene rings is 1. The monoisotopic (exact) mass is 251 g/mol. The quantitative estimate of drug-likeness (QED) is 0.875. The first-order chi connectivity index (χ1) is 9.22. The minimum Gasteiger partial charge on any atom is -0.444 e. The largest absolute Gasteiger partial charge is 0.444 e. The van der Waals surface area contributed by atoms with Crippen molar-refractivity contribution >= 4 is 0 Å². The van der Waals surface area contributed by atoms with Crippen LogP contribution in [0.3, 0.4) is 0 Å². The van der Waals surface area contributed by atoms with Crippen LogP contribution in [0, 0.1) is 22.7 Å². The molecule has 1 heterocycles. The molecule has 0 radical (unpaired) electrons. The number of nitrogens with two attached hydrogens (primary N) is 1. The number of hydrogen-bond donors (Lipinski definition) is 1. The van der Waals surface area contributed by atoms with Crippen LogP contribution in [0.2, 0.25) is 0 Å². The standard InChI is InChI=1S/C15H13N3O/c1-2-13-11(8-16)14(10-6-4-3-5-7-10)12(9-17)15(18)19-13/h3-7,14H,2,18H2,1H3. The van der Waals surface area contributed by atoms with Crippen molar-refractivity contribution in [3.05, 3.63) is 58.7 Å². The van der Waals surface area contributed by atoms with Gasteiger partial charge in [0.2, 0.25) is 5.88 Å². The second-order valence-corrected chi connectivity index (χ2v) is 4.14. The summed E-state index contributed by atoms with van der Waals surface area (Å²) in [6.45, 7) is 1.89. The van der Waals surface area contributed by atoms with Crippen LogP contribution >= 0.6 is 0 Å². The molecule has 1 unspecified atom stereocenters. The average Bonchev–Trinajstić information content (AvgIpc) is 2.46. The molecule has 0 aromatic heterocycles. The van der Waals surface area contributed by atoms with Gasteiger partial charge in [0.1, 0.15) is 17.4 Å². The van der Waals surface area contributed by atoms with Crippen LogP contribution < -0.4 is 5.73 Å². The third kappa shape index (κ3) is 2.17. The molecule has 0 saturated carbocycles. The zero-order chi connectivity index (χ0) is 13.8. The van der Waals surface area contributed by atoms with Gasteiger partial charge in [0.15, 0.2) is 0 Å². The lowest BCUT2D eigenvalue weighted by atomic mass is 9.83. The predicted octanol–water partition coefficient (Wildman–Crippen LogP) is 2.68. The smallest absolute Gasteiger partial charge is 0.205 e. The molecule has 1 aliphatic heterocycles. The Bertz CT molecular complexity index is 630. The van der Waals surface area contributed by atoms with E-state index in [2.05, 4.69) is 12.1 Å². The minimum atomic E-state index is -0.431. The lowest BCUT2D eigenvalue weighted by Crippen LogP contribution is -2.20. The molecule has 0 amide bonds. The van der Waals surface area contributed by atoms with Crippen molar-refractivity contribution in [2.24, 2.45) is 5.73 Å². The van der Waals surface area contributed by atoms with Crippen molar-refractivity contribution < 1.29 is 4.74 Å². The van der Waals surface area contributed by atoms with Gasteiger partial charge in [-0.05, 0) is 5.56 Å². The van der Waals surface area contributed by atoms with Gasteiger partial charge in [-0.2, -0.15) is 10.5 Å². The molecular formula is C15H13N3O. The van der Waals surface area contributed by atoms with Crippen molar-refractivity contribution in [3.8, 4) is 12.1 Å². The summed E-state index contributed by atoms with van der Waals surface area (Å²) in [4.78, 5) is 0. The van der Waals surface area contributed by atoms with E-state index in [4.69, 9.17) is 10.5 Å². The van der Waals surface area contributed by atoms with Gasteiger partial charge in [-0.3, -0.25) is 0 Å². The van der Waals surface area contributed by atoms with Gasteiger partial charge in [-0.1, -0.05) is 37.3 Å². The SMILES string of the molecule is CCC1=C(C#N)C(c2ccccc2)C(C#N)=C(N)O1. The van der Waals surface area contributed by atoms with Crippen LogP contribution in [0.1, 0.15) is 24.8 Å². The molecule has 4 heteroatoms. The molecule has 0 fully saturated rings. The molecule has 1 aromatic carbocycles. The highest BCUT2D eigenvalue weighted by Gasteiger charge is 2.32. The summed E-state index contributed by atoms with van der Waals surface area (Å²) >= 11 is 0. The van der Waals surface area contributed by atoms with Crippen molar-refractivity contribution in [3.63, 3.8) is 0 Å². The van der Waals surface area contributed by atoms with Crippen LogP contribution in [-0.4, -0.2) is 0 Å². The lowest BCUT2D eigenvalue weighted by Gasteiger charge is -2.25. The molecule has 2 rings (SSSR count). The summed E-state index contributed by atoms with van der Waals surface area (Å²) in [6, 6.07) is 13.6. The lowest BCUT2D eigenvalue weighted by molar-refractivity contribution is 0.270. The Hall–Kier alpha value is -2.72. The minimum absolute atomic E-state index is 0.0900. The van der Waals surface area contributed by atoms with Crippen molar-refractivity contribution in [1.29, 1.82) is 10.5 Å². The maximum atomic E-state index is 9.36. The van der Waals surface area contributed by atoms with E-state index in [9.17, 15) is 10.5 Å². The fourth-order valence-corrected chi connectivity index (χ4v) is 2.18. The van der Waals surface area contributed by atoms with Gasteiger partial charge in [-0.25, -0.2) is 0 Å². The molecule has 19 heavy (non-hydrogen) atoms. The molecule has 0 bridgehead atoms. The average molecular weight is 251 g/mol. The van der Waals surface area contributed by atoms with Gasteiger partial charge >= 0.3 is 0 Å². The van der Waals surface area contributed by atoms with Gasteiger partial charge in [0, 0.05) is 6.42 Å². The summed E-state index contributed by atoms with van der Waals surface area (Å²) in [5, 5.41) is 18.6. The maximum Gasteiger partial charge on any atom is 0.205 e. The zero-order valence-electron chi connectivity index (χ0n) is 10.6. The Balaban J connectivity index is 2.63. The molecule has 1 atom stereocenters. The highest BCUT2D eigenvalue weighted by Crippen LogP contribution is 2.39. The number of nitrogens with zero attached hydrogens (tertiary/aromatic N) is 2. The molecule has 0 spiro atoms. The second-order valence-electron chi connectivity index (χ2n) is 4.14. The van der Waals surface area contributed by atoms with Crippen LogP contribution in [-0.2, 0) is 4.74 Å². The van der Waals surface area contributed by atoms with Gasteiger partial charge < -0.3 is 10.5 Å². The number of rotatable bonds is 2. The maximum absolute atomic E-state index is 9.36. The van der Waals surface area contributed by atoms with E-state index in [1.54, 1.807) is 0 Å². The fourth-order valence-electron chi connectivity index (χ4n) is 2.18. The highest BCUT2D eigenvalue weighted by atomic mass is 16.5. The first kappa shape index (κ1) is 12.7. The summed E-state index contributed by atoms with van der Waals surface area (Å²) in [6.07, 6.45) is 0.561. The van der Waals surface area contributed by atoms with Gasteiger partial charge in [0.25, 0.3) is 0 Å². The summed E-state index contributed by atoms with van der Waals surface area (Å²) in [5.74, 6) is 0.194. The van der Waals surface area contributed by atoms with E-state index in [0.29, 0.717) is 23.3 Å². The number of ether oxygens (including phenoxy) is 1. The third-order valence-electron chi connectivity index (χ3n) is 3.07. The Morgan fingerprint density at radius 2 is 1.79 bits per heavy atom. The summed E-state index contributed by atoms with van der Waals surface area (Å²) in [7, 11) is 0. The number of hydrogen-bond acceptors (Lipinski definition) is 4. The first-order valence-electron chi connectivity index (χ1n) is 5.98. The Kier molecular flexibility index (Phi) is 3.54. The normalized spacial score (nSPS) is 18.6.